The molecule has 0 fully saturated rings. The molecule has 0 N–H and O–H groups in total. The molecule has 2 aromatic heterocycles. The maximum atomic E-state index is 7.11. The minimum Gasteiger partial charge on any atom is -0.454 e. The van der Waals surface area contributed by atoms with Crippen molar-refractivity contribution in [1.29, 1.82) is 0 Å². The first-order chi connectivity index (χ1) is 27.3. The molecule has 2 heterocycles. The molecule has 0 amide bonds. The van der Waals surface area contributed by atoms with E-state index in [2.05, 4.69) is 216 Å². The van der Waals surface area contributed by atoms with Crippen LogP contribution in [-0.2, 0) is 0 Å². The fraction of sp³-hybridized carbons (Fsp3) is 0. The summed E-state index contributed by atoms with van der Waals surface area (Å²) in [5.41, 5.74) is 12.9. The van der Waals surface area contributed by atoms with Crippen molar-refractivity contribution in [1.82, 2.24) is 4.57 Å². The highest BCUT2D eigenvalue weighted by Gasteiger charge is 2.25. The molecule has 0 aliphatic heterocycles. The Morgan fingerprint density at radius 2 is 0.964 bits per heavy atom. The summed E-state index contributed by atoms with van der Waals surface area (Å²) < 4.78 is 9.51. The fourth-order valence-corrected chi connectivity index (χ4v) is 8.55. The number of rotatable bonds is 6. The Morgan fingerprint density at radius 1 is 0.400 bits per heavy atom. The summed E-state index contributed by atoms with van der Waals surface area (Å²) in [4.78, 5) is 2.39. The molecule has 0 unspecified atom stereocenters. The Balaban J connectivity index is 1.23. The van der Waals surface area contributed by atoms with E-state index in [-0.39, 0.29) is 0 Å². The Bertz CT molecular complexity index is 3180. The third-order valence-corrected chi connectivity index (χ3v) is 11.0. The summed E-state index contributed by atoms with van der Waals surface area (Å²) in [6.45, 7) is 0. The zero-order valence-electron chi connectivity index (χ0n) is 29.9. The van der Waals surface area contributed by atoms with Gasteiger partial charge in [-0.2, -0.15) is 0 Å². The molecule has 9 aromatic carbocycles. The predicted octanol–water partition coefficient (Wildman–Crippen LogP) is 14.6. The summed E-state index contributed by atoms with van der Waals surface area (Å²) in [5, 5.41) is 7.01. The lowest BCUT2D eigenvalue weighted by molar-refractivity contribution is 0.669. The molecule has 55 heavy (non-hydrogen) atoms. The SMILES string of the molecule is c1ccc(-c2ccc(N(c3cccc4c3oc3cc(-c5ccccc5)c5ccccc5c34)c3cccc4c5ccccc5n(-c5ccccc5)c34)cc2)cc1. The molecule has 11 rings (SSSR count). The lowest BCUT2D eigenvalue weighted by Gasteiger charge is -2.27. The van der Waals surface area contributed by atoms with Gasteiger partial charge in [-0.1, -0.05) is 158 Å². The first-order valence-electron chi connectivity index (χ1n) is 18.8. The normalized spacial score (nSPS) is 11.6. The minimum absolute atomic E-state index is 0.847. The summed E-state index contributed by atoms with van der Waals surface area (Å²) >= 11 is 0. The van der Waals surface area contributed by atoms with Gasteiger partial charge in [0.1, 0.15) is 5.58 Å². The second-order valence-electron chi connectivity index (χ2n) is 14.1. The van der Waals surface area contributed by atoms with Crippen LogP contribution in [0.2, 0.25) is 0 Å². The molecular weight excluding hydrogens is 669 g/mol. The number of anilines is 3. The van der Waals surface area contributed by atoms with Crippen LogP contribution in [0.4, 0.5) is 17.1 Å². The van der Waals surface area contributed by atoms with E-state index in [0.717, 1.165) is 61.3 Å². The minimum atomic E-state index is 0.847. The Kier molecular flexibility index (Phi) is 7.17. The van der Waals surface area contributed by atoms with Gasteiger partial charge in [-0.25, -0.2) is 0 Å². The highest BCUT2D eigenvalue weighted by molar-refractivity contribution is 6.24. The van der Waals surface area contributed by atoms with Crippen LogP contribution in [0.5, 0.6) is 0 Å². The van der Waals surface area contributed by atoms with Crippen LogP contribution in [0, 0.1) is 0 Å². The molecule has 11 aromatic rings. The molecule has 0 aliphatic carbocycles. The van der Waals surface area contributed by atoms with E-state index in [1.54, 1.807) is 0 Å². The van der Waals surface area contributed by atoms with Gasteiger partial charge in [0.2, 0.25) is 0 Å². The zero-order valence-corrected chi connectivity index (χ0v) is 29.9. The third kappa shape index (κ3) is 4.98. The summed E-state index contributed by atoms with van der Waals surface area (Å²) in [6.07, 6.45) is 0. The van der Waals surface area contributed by atoms with Crippen molar-refractivity contribution in [2.24, 2.45) is 0 Å². The van der Waals surface area contributed by atoms with Gasteiger partial charge in [-0.15, -0.1) is 0 Å². The molecule has 258 valence electrons. The highest BCUT2D eigenvalue weighted by Crippen LogP contribution is 2.48. The molecule has 0 spiro atoms. The first-order valence-corrected chi connectivity index (χ1v) is 18.8. The van der Waals surface area contributed by atoms with Crippen LogP contribution in [0.15, 0.2) is 211 Å². The number of aromatic nitrogens is 1. The van der Waals surface area contributed by atoms with Crippen molar-refractivity contribution < 1.29 is 4.42 Å². The van der Waals surface area contributed by atoms with E-state index in [4.69, 9.17) is 4.42 Å². The molecule has 0 bridgehead atoms. The van der Waals surface area contributed by atoms with Gasteiger partial charge in [0, 0.05) is 32.9 Å². The van der Waals surface area contributed by atoms with Crippen molar-refractivity contribution in [2.75, 3.05) is 4.90 Å². The lowest BCUT2D eigenvalue weighted by atomic mass is 9.95. The maximum Gasteiger partial charge on any atom is 0.159 e. The third-order valence-electron chi connectivity index (χ3n) is 11.0. The van der Waals surface area contributed by atoms with E-state index in [9.17, 15) is 0 Å². The van der Waals surface area contributed by atoms with E-state index in [0.29, 0.717) is 0 Å². The molecule has 0 radical (unpaired) electrons. The van der Waals surface area contributed by atoms with E-state index < -0.39 is 0 Å². The van der Waals surface area contributed by atoms with Gasteiger partial charge in [0.15, 0.2) is 5.58 Å². The van der Waals surface area contributed by atoms with Gasteiger partial charge in [-0.05, 0) is 81.6 Å². The maximum absolute atomic E-state index is 7.11. The molecule has 0 aliphatic rings. The van der Waals surface area contributed by atoms with E-state index in [1.807, 2.05) is 0 Å². The van der Waals surface area contributed by atoms with Crippen molar-refractivity contribution in [3.05, 3.63) is 206 Å². The summed E-state index contributed by atoms with van der Waals surface area (Å²) in [7, 11) is 0. The van der Waals surface area contributed by atoms with Crippen molar-refractivity contribution in [3.8, 4) is 27.9 Å². The summed E-state index contributed by atoms with van der Waals surface area (Å²) in [5.74, 6) is 0. The Labute approximate surface area is 318 Å². The van der Waals surface area contributed by atoms with Gasteiger partial charge < -0.3 is 13.9 Å². The second kappa shape index (κ2) is 12.6. The zero-order chi connectivity index (χ0) is 36.3. The second-order valence-corrected chi connectivity index (χ2v) is 14.1. The fourth-order valence-electron chi connectivity index (χ4n) is 8.55. The van der Waals surface area contributed by atoms with Gasteiger partial charge in [0.05, 0.1) is 22.4 Å². The number of hydrogen-bond donors (Lipinski definition) is 0. The average Bonchev–Trinajstić information content (AvgIpc) is 3.82. The lowest BCUT2D eigenvalue weighted by Crippen LogP contribution is -2.12. The Hall–Kier alpha value is -7.36. The molecule has 0 saturated heterocycles. The quantitative estimate of drug-likeness (QED) is 0.172. The van der Waals surface area contributed by atoms with Crippen molar-refractivity contribution >= 4 is 71.6 Å². The number of para-hydroxylation sites is 4. The van der Waals surface area contributed by atoms with Gasteiger partial charge in [-0.3, -0.25) is 0 Å². The first kappa shape index (κ1) is 31.2. The van der Waals surface area contributed by atoms with Crippen molar-refractivity contribution in [3.63, 3.8) is 0 Å². The van der Waals surface area contributed by atoms with Crippen LogP contribution < -0.4 is 4.90 Å². The average molecular weight is 703 g/mol. The highest BCUT2D eigenvalue weighted by atomic mass is 16.3. The van der Waals surface area contributed by atoms with E-state index in [1.165, 1.54) is 38.2 Å². The van der Waals surface area contributed by atoms with Gasteiger partial charge in [0.25, 0.3) is 0 Å². The molecule has 0 atom stereocenters. The number of fused-ring (bicyclic) bond motifs is 8. The number of benzene rings is 9. The monoisotopic (exact) mass is 702 g/mol. The van der Waals surface area contributed by atoms with Crippen LogP contribution in [0.1, 0.15) is 0 Å². The smallest absolute Gasteiger partial charge is 0.159 e. The number of furan rings is 1. The van der Waals surface area contributed by atoms with Crippen LogP contribution >= 0.6 is 0 Å². The number of nitrogens with zero attached hydrogens (tertiary/aromatic N) is 2. The molecule has 3 heteroatoms. The number of hydrogen-bond acceptors (Lipinski definition) is 2. The predicted molar refractivity (Wildman–Crippen MR) is 231 cm³/mol. The van der Waals surface area contributed by atoms with Crippen molar-refractivity contribution in [2.45, 2.75) is 0 Å². The van der Waals surface area contributed by atoms with Crippen LogP contribution in [0.25, 0.3) is 82.5 Å². The van der Waals surface area contributed by atoms with Crippen LogP contribution in [0.3, 0.4) is 0 Å². The largest absolute Gasteiger partial charge is 0.454 e. The van der Waals surface area contributed by atoms with E-state index >= 15 is 0 Å². The van der Waals surface area contributed by atoms with Gasteiger partial charge >= 0.3 is 0 Å². The standard InChI is InChI=1S/C52H34N2O/c1-4-16-35(17-5-1)36-30-32-39(33-31-36)53(47-28-14-25-43-41-23-12-13-27-46(41)54(51(43)47)38-20-8-3-9-21-38)48-29-15-26-44-50-42-24-11-10-22-40(42)45(34-49(50)55-52(44)48)37-18-6-2-7-19-37/h1-34H. The van der Waals surface area contributed by atoms with Crippen LogP contribution in [-0.4, -0.2) is 4.57 Å². The summed E-state index contributed by atoms with van der Waals surface area (Å²) in [6, 6.07) is 73.7. The molecule has 3 nitrogen and oxygen atoms in total. The Morgan fingerprint density at radius 3 is 1.71 bits per heavy atom. The molecular formula is C52H34N2O. The topological polar surface area (TPSA) is 21.3 Å². The molecule has 0 saturated carbocycles.